The molecule has 0 aromatic carbocycles. The second kappa shape index (κ2) is 3.32. The minimum absolute atomic E-state index is 0.244. The van der Waals surface area contributed by atoms with Crippen molar-refractivity contribution in [3.8, 4) is 10.7 Å². The van der Waals surface area contributed by atoms with E-state index < -0.39 is 0 Å². The van der Waals surface area contributed by atoms with E-state index in [1.165, 1.54) is 11.5 Å². The van der Waals surface area contributed by atoms with Crippen LogP contribution in [0.15, 0.2) is 4.60 Å². The highest BCUT2D eigenvalue weighted by Gasteiger charge is 2.14. The summed E-state index contributed by atoms with van der Waals surface area (Å²) >= 11 is 10.1. The summed E-state index contributed by atoms with van der Waals surface area (Å²) in [6.45, 7) is 0. The van der Waals surface area contributed by atoms with Crippen LogP contribution in [0.1, 0.15) is 0 Å². The van der Waals surface area contributed by atoms with Crippen LogP contribution in [0.25, 0.3) is 10.7 Å². The third kappa shape index (κ3) is 1.59. The highest BCUT2D eigenvalue weighted by Crippen LogP contribution is 2.27. The zero-order chi connectivity index (χ0) is 9.42. The Bertz CT molecular complexity index is 418. The summed E-state index contributed by atoms with van der Waals surface area (Å²) in [4.78, 5) is 4.02. The standard InChI is InChI=1S/C5H3BrClN5S/c1-12-2(3(6)9-11-12)4-8-5(7)10-13-4/h1H3. The maximum Gasteiger partial charge on any atom is 0.234 e. The average molecular weight is 281 g/mol. The van der Waals surface area contributed by atoms with Gasteiger partial charge >= 0.3 is 0 Å². The van der Waals surface area contributed by atoms with Crippen molar-refractivity contribution in [2.45, 2.75) is 0 Å². The highest BCUT2D eigenvalue weighted by atomic mass is 79.9. The smallest absolute Gasteiger partial charge is 0.234 e. The van der Waals surface area contributed by atoms with Crippen LogP contribution in [0.4, 0.5) is 0 Å². The van der Waals surface area contributed by atoms with Crippen LogP contribution in [0.3, 0.4) is 0 Å². The second-order valence-corrected chi connectivity index (χ2v) is 4.06. The molecule has 68 valence electrons. The molecule has 5 nitrogen and oxygen atoms in total. The van der Waals surface area contributed by atoms with E-state index in [-0.39, 0.29) is 5.28 Å². The number of halogens is 2. The van der Waals surface area contributed by atoms with E-state index in [0.29, 0.717) is 9.61 Å². The first-order valence-corrected chi connectivity index (χ1v) is 5.17. The average Bonchev–Trinajstić information content (AvgIpc) is 2.60. The van der Waals surface area contributed by atoms with Gasteiger partial charge in [0, 0.05) is 7.05 Å². The van der Waals surface area contributed by atoms with E-state index >= 15 is 0 Å². The molecule has 0 aliphatic heterocycles. The zero-order valence-corrected chi connectivity index (χ0v) is 9.56. The van der Waals surface area contributed by atoms with E-state index in [0.717, 1.165) is 5.69 Å². The van der Waals surface area contributed by atoms with Gasteiger partial charge in [0.1, 0.15) is 5.69 Å². The van der Waals surface area contributed by atoms with Gasteiger partial charge < -0.3 is 0 Å². The molecule has 0 atom stereocenters. The molecule has 0 spiro atoms. The van der Waals surface area contributed by atoms with Gasteiger partial charge in [-0.15, -0.1) is 5.10 Å². The van der Waals surface area contributed by atoms with Crippen LogP contribution in [0.5, 0.6) is 0 Å². The maximum absolute atomic E-state index is 5.60. The Kier molecular flexibility index (Phi) is 2.31. The number of aromatic nitrogens is 5. The Morgan fingerprint density at radius 2 is 2.31 bits per heavy atom. The molecule has 2 aromatic heterocycles. The molecule has 0 bridgehead atoms. The normalized spacial score (nSPS) is 10.7. The molecule has 2 heterocycles. The Hall–Kier alpha value is -0.530. The molecule has 0 saturated carbocycles. The molecule has 0 radical (unpaired) electrons. The highest BCUT2D eigenvalue weighted by molar-refractivity contribution is 9.10. The molecule has 0 saturated heterocycles. The largest absolute Gasteiger partial charge is 0.244 e. The number of nitrogens with zero attached hydrogens (tertiary/aromatic N) is 5. The fourth-order valence-electron chi connectivity index (χ4n) is 0.860. The number of aryl methyl sites for hydroxylation is 1. The van der Waals surface area contributed by atoms with Crippen LogP contribution in [-0.4, -0.2) is 24.4 Å². The molecule has 0 aliphatic rings. The summed E-state index contributed by atoms with van der Waals surface area (Å²) in [7, 11) is 1.78. The molecule has 0 N–H and O–H groups in total. The van der Waals surface area contributed by atoms with Crippen molar-refractivity contribution < 1.29 is 0 Å². The molecule has 0 aliphatic carbocycles. The molecular formula is C5H3BrClN5S. The quantitative estimate of drug-likeness (QED) is 0.798. The van der Waals surface area contributed by atoms with E-state index in [4.69, 9.17) is 11.6 Å². The monoisotopic (exact) mass is 279 g/mol. The van der Waals surface area contributed by atoms with Crippen molar-refractivity contribution in [3.63, 3.8) is 0 Å². The van der Waals surface area contributed by atoms with E-state index in [1.807, 2.05) is 0 Å². The van der Waals surface area contributed by atoms with Gasteiger partial charge in [0.15, 0.2) is 9.61 Å². The summed E-state index contributed by atoms with van der Waals surface area (Å²) in [6.07, 6.45) is 0. The Morgan fingerprint density at radius 3 is 2.77 bits per heavy atom. The summed E-state index contributed by atoms with van der Waals surface area (Å²) in [5.41, 5.74) is 0.782. The Morgan fingerprint density at radius 1 is 1.54 bits per heavy atom. The molecule has 0 unspecified atom stereocenters. The maximum atomic E-state index is 5.60. The minimum Gasteiger partial charge on any atom is -0.244 e. The fraction of sp³-hybridized carbons (Fsp3) is 0.200. The lowest BCUT2D eigenvalue weighted by molar-refractivity contribution is 0.719. The van der Waals surface area contributed by atoms with E-state index in [2.05, 4.69) is 35.6 Å². The van der Waals surface area contributed by atoms with Gasteiger partial charge in [-0.05, 0) is 39.1 Å². The van der Waals surface area contributed by atoms with Crippen LogP contribution in [0, 0.1) is 0 Å². The van der Waals surface area contributed by atoms with Crippen molar-refractivity contribution in [2.24, 2.45) is 7.05 Å². The molecule has 13 heavy (non-hydrogen) atoms. The molecular weight excluding hydrogens is 278 g/mol. The van der Waals surface area contributed by atoms with Crippen molar-refractivity contribution in [1.29, 1.82) is 0 Å². The summed E-state index contributed by atoms with van der Waals surface area (Å²) in [5, 5.41) is 8.59. The predicted octanol–water partition coefficient (Wildman–Crippen LogP) is 1.75. The van der Waals surface area contributed by atoms with Crippen molar-refractivity contribution in [1.82, 2.24) is 24.4 Å². The molecule has 2 rings (SSSR count). The Labute approximate surface area is 91.0 Å². The first-order valence-electron chi connectivity index (χ1n) is 3.23. The minimum atomic E-state index is 0.244. The van der Waals surface area contributed by atoms with Crippen LogP contribution >= 0.6 is 39.1 Å². The second-order valence-electron chi connectivity index (χ2n) is 2.22. The van der Waals surface area contributed by atoms with Crippen molar-refractivity contribution in [3.05, 3.63) is 9.89 Å². The third-order valence-electron chi connectivity index (χ3n) is 1.39. The third-order valence-corrected chi connectivity index (χ3v) is 2.91. The van der Waals surface area contributed by atoms with Gasteiger partial charge in [-0.2, -0.15) is 4.37 Å². The van der Waals surface area contributed by atoms with Gasteiger partial charge in [-0.1, -0.05) is 5.21 Å². The van der Waals surface area contributed by atoms with Crippen molar-refractivity contribution in [2.75, 3.05) is 0 Å². The molecule has 0 fully saturated rings. The molecule has 0 amide bonds. The lowest BCUT2D eigenvalue weighted by Gasteiger charge is -1.93. The fourth-order valence-corrected chi connectivity index (χ4v) is 2.39. The van der Waals surface area contributed by atoms with Crippen molar-refractivity contribution >= 4 is 39.1 Å². The van der Waals surface area contributed by atoms with Gasteiger partial charge in [0.05, 0.1) is 0 Å². The van der Waals surface area contributed by atoms with Gasteiger partial charge in [0.25, 0.3) is 0 Å². The topological polar surface area (TPSA) is 56.5 Å². The van der Waals surface area contributed by atoms with E-state index in [9.17, 15) is 0 Å². The number of hydrogen-bond acceptors (Lipinski definition) is 5. The lowest BCUT2D eigenvalue weighted by atomic mass is 10.5. The molecule has 8 heteroatoms. The molecule has 2 aromatic rings. The SMILES string of the molecule is Cn1nnc(Br)c1-c1nc(Cl)ns1. The van der Waals surface area contributed by atoms with Gasteiger partial charge in [-0.25, -0.2) is 9.67 Å². The number of rotatable bonds is 1. The van der Waals surface area contributed by atoms with Crippen LogP contribution < -0.4 is 0 Å². The Balaban J connectivity index is 2.57. The zero-order valence-electron chi connectivity index (χ0n) is 6.40. The lowest BCUT2D eigenvalue weighted by Crippen LogP contribution is -1.93. The predicted molar refractivity (Wildman–Crippen MR) is 52.6 cm³/mol. The first kappa shape index (κ1) is 9.04. The van der Waals surface area contributed by atoms with Gasteiger partial charge in [-0.3, -0.25) is 0 Å². The number of hydrogen-bond donors (Lipinski definition) is 0. The summed E-state index contributed by atoms with van der Waals surface area (Å²) in [5.74, 6) is 0. The first-order chi connectivity index (χ1) is 6.18. The van der Waals surface area contributed by atoms with Crippen LogP contribution in [0.2, 0.25) is 5.28 Å². The summed E-state index contributed by atoms with van der Waals surface area (Å²) in [6, 6.07) is 0. The van der Waals surface area contributed by atoms with E-state index in [1.54, 1.807) is 11.7 Å². The summed E-state index contributed by atoms with van der Waals surface area (Å²) < 4.78 is 6.11. The van der Waals surface area contributed by atoms with Crippen LogP contribution in [-0.2, 0) is 7.05 Å². The van der Waals surface area contributed by atoms with Gasteiger partial charge in [0.2, 0.25) is 5.28 Å².